The van der Waals surface area contributed by atoms with Crippen LogP contribution in [-0.2, 0) is 15.3 Å². The van der Waals surface area contributed by atoms with E-state index in [4.69, 9.17) is 11.6 Å². The molecule has 0 radical (unpaired) electrons. The third-order valence-electron chi connectivity index (χ3n) is 5.58. The van der Waals surface area contributed by atoms with E-state index >= 15 is 0 Å². The number of carbonyl (C=O) groups excluding carboxylic acids is 2. The molecule has 180 valence electrons. The van der Waals surface area contributed by atoms with Crippen LogP contribution in [0.5, 0.6) is 5.75 Å². The van der Waals surface area contributed by atoms with Gasteiger partial charge in [-0.25, -0.2) is 0 Å². The van der Waals surface area contributed by atoms with Gasteiger partial charge in [0.25, 0.3) is 5.78 Å². The van der Waals surface area contributed by atoms with Crippen molar-refractivity contribution in [3.8, 4) is 5.75 Å². The van der Waals surface area contributed by atoms with Crippen molar-refractivity contribution in [3.05, 3.63) is 106 Å². The Hall–Kier alpha value is -3.66. The highest BCUT2D eigenvalue weighted by Gasteiger charge is 2.48. The summed E-state index contributed by atoms with van der Waals surface area (Å²) in [7, 11) is 0. The van der Waals surface area contributed by atoms with E-state index in [2.05, 4.69) is 10.2 Å². The summed E-state index contributed by atoms with van der Waals surface area (Å²) in [5, 5.41) is 30.1. The summed E-state index contributed by atoms with van der Waals surface area (Å²) in [6, 6.07) is 21.2. The molecule has 1 aromatic heterocycles. The van der Waals surface area contributed by atoms with E-state index in [1.54, 1.807) is 42.5 Å². The Labute approximate surface area is 219 Å². The van der Waals surface area contributed by atoms with E-state index in [1.807, 2.05) is 24.3 Å². The lowest BCUT2D eigenvalue weighted by Crippen LogP contribution is -2.29. The molecule has 1 atom stereocenters. The predicted molar refractivity (Wildman–Crippen MR) is 140 cm³/mol. The summed E-state index contributed by atoms with van der Waals surface area (Å²) in [6.45, 7) is 0. The first kappa shape index (κ1) is 24.1. The topological polar surface area (TPSA) is 104 Å². The molecule has 5 rings (SSSR count). The van der Waals surface area contributed by atoms with Gasteiger partial charge in [-0.05, 0) is 35.4 Å². The monoisotopic (exact) mass is 535 g/mol. The van der Waals surface area contributed by atoms with Crippen molar-refractivity contribution in [3.63, 3.8) is 0 Å². The molecule has 10 heteroatoms. The summed E-state index contributed by atoms with van der Waals surface area (Å²) in [5.41, 5.74) is 1.95. The second kappa shape index (κ2) is 10.1. The van der Waals surface area contributed by atoms with Crippen LogP contribution in [0.4, 0.5) is 5.13 Å². The zero-order chi connectivity index (χ0) is 25.2. The molecule has 2 heterocycles. The van der Waals surface area contributed by atoms with Crippen LogP contribution in [0.15, 0.2) is 88.8 Å². The Kier molecular flexibility index (Phi) is 6.77. The molecule has 1 saturated heterocycles. The summed E-state index contributed by atoms with van der Waals surface area (Å²) >= 11 is 8.58. The van der Waals surface area contributed by atoms with Crippen LogP contribution < -0.4 is 4.90 Å². The zero-order valence-corrected chi connectivity index (χ0v) is 20.9. The number of aliphatic hydroxyl groups excluding tert-OH is 1. The van der Waals surface area contributed by atoms with Crippen molar-refractivity contribution in [2.75, 3.05) is 4.90 Å². The summed E-state index contributed by atoms with van der Waals surface area (Å²) in [4.78, 5) is 27.7. The van der Waals surface area contributed by atoms with Crippen molar-refractivity contribution in [2.24, 2.45) is 0 Å². The average molecular weight is 536 g/mol. The van der Waals surface area contributed by atoms with Crippen molar-refractivity contribution < 1.29 is 19.8 Å². The third kappa shape index (κ3) is 4.73. The van der Waals surface area contributed by atoms with Crippen molar-refractivity contribution in [1.29, 1.82) is 0 Å². The molecule has 7 nitrogen and oxygen atoms in total. The van der Waals surface area contributed by atoms with Crippen LogP contribution in [0.3, 0.4) is 0 Å². The molecule has 1 unspecified atom stereocenters. The van der Waals surface area contributed by atoms with E-state index in [-0.39, 0.29) is 22.2 Å². The second-order valence-electron chi connectivity index (χ2n) is 7.89. The van der Waals surface area contributed by atoms with Crippen molar-refractivity contribution in [1.82, 2.24) is 10.2 Å². The van der Waals surface area contributed by atoms with Crippen molar-refractivity contribution in [2.45, 2.75) is 16.1 Å². The Balaban J connectivity index is 1.52. The lowest BCUT2D eigenvalue weighted by Gasteiger charge is -2.22. The van der Waals surface area contributed by atoms with E-state index in [1.165, 1.54) is 40.1 Å². The molecule has 36 heavy (non-hydrogen) atoms. The van der Waals surface area contributed by atoms with E-state index in [0.717, 1.165) is 5.56 Å². The molecule has 2 N–H and O–H groups in total. The Morgan fingerprint density at radius 3 is 2.36 bits per heavy atom. The highest BCUT2D eigenvalue weighted by molar-refractivity contribution is 8.00. The highest BCUT2D eigenvalue weighted by atomic mass is 35.5. The number of phenols is 1. The number of aromatic nitrogens is 2. The number of halogens is 1. The second-order valence-corrected chi connectivity index (χ2v) is 10.5. The molecule has 0 bridgehead atoms. The number of phenolic OH excluding ortho intramolecular Hbond substituents is 1. The fourth-order valence-corrected chi connectivity index (χ4v) is 5.79. The fraction of sp³-hybridized carbons (Fsp3) is 0.0769. The maximum atomic E-state index is 13.2. The number of amides is 1. The number of Topliss-reactive ketones (excluding diaryl/α,β-unsaturated/α-hetero) is 1. The Morgan fingerprint density at radius 1 is 0.972 bits per heavy atom. The number of aromatic hydroxyl groups is 1. The number of anilines is 1. The minimum Gasteiger partial charge on any atom is -0.508 e. The van der Waals surface area contributed by atoms with Crippen LogP contribution in [0, 0.1) is 0 Å². The summed E-state index contributed by atoms with van der Waals surface area (Å²) < 4.78 is 0.620. The van der Waals surface area contributed by atoms with Crippen LogP contribution >= 0.6 is 34.7 Å². The lowest BCUT2D eigenvalue weighted by molar-refractivity contribution is -0.132. The van der Waals surface area contributed by atoms with Crippen LogP contribution in [-0.4, -0.2) is 32.1 Å². The first-order valence-electron chi connectivity index (χ1n) is 10.8. The van der Waals surface area contributed by atoms with Gasteiger partial charge < -0.3 is 10.2 Å². The van der Waals surface area contributed by atoms with E-state index in [0.29, 0.717) is 26.2 Å². The molecule has 0 spiro atoms. The number of ketones is 1. The fourth-order valence-electron chi connectivity index (χ4n) is 3.84. The number of thioether (sulfide) groups is 1. The number of hydrogen-bond acceptors (Lipinski definition) is 8. The normalized spacial score (nSPS) is 17.0. The molecule has 1 aliphatic heterocycles. The molecule has 0 aliphatic carbocycles. The van der Waals surface area contributed by atoms with E-state index in [9.17, 15) is 19.8 Å². The molecular formula is C26H18ClN3O4S2. The molecule has 1 fully saturated rings. The number of carbonyl (C=O) groups is 2. The molecule has 1 amide bonds. The van der Waals surface area contributed by atoms with Gasteiger partial charge >= 0.3 is 5.91 Å². The summed E-state index contributed by atoms with van der Waals surface area (Å²) in [6.07, 6.45) is 0. The first-order valence-corrected chi connectivity index (χ1v) is 13.0. The SMILES string of the molecule is O=C1C(=O)N(c2nnc(SCc3ccc(Cl)cc3)s2)C(c2ccc(O)cc2)/C1=C(/O)c1ccccc1. The third-order valence-corrected chi connectivity index (χ3v) is 7.96. The Bertz CT molecular complexity index is 1450. The maximum absolute atomic E-state index is 13.2. The van der Waals surface area contributed by atoms with Gasteiger partial charge in [-0.2, -0.15) is 0 Å². The number of hydrogen-bond donors (Lipinski definition) is 2. The molecule has 0 saturated carbocycles. The molecule has 3 aromatic carbocycles. The number of nitrogens with zero attached hydrogens (tertiary/aromatic N) is 3. The average Bonchev–Trinajstić information content (AvgIpc) is 3.46. The van der Waals surface area contributed by atoms with Gasteiger partial charge in [0, 0.05) is 16.3 Å². The molecule has 4 aromatic rings. The highest BCUT2D eigenvalue weighted by Crippen LogP contribution is 2.44. The minimum absolute atomic E-state index is 0.0376. The Morgan fingerprint density at radius 2 is 1.67 bits per heavy atom. The van der Waals surface area contributed by atoms with Gasteiger partial charge in [-0.3, -0.25) is 14.5 Å². The van der Waals surface area contributed by atoms with Gasteiger partial charge in [0.15, 0.2) is 4.34 Å². The molecule has 1 aliphatic rings. The lowest BCUT2D eigenvalue weighted by atomic mass is 9.95. The zero-order valence-electron chi connectivity index (χ0n) is 18.5. The number of benzene rings is 3. The first-order chi connectivity index (χ1) is 17.4. The number of rotatable bonds is 6. The quantitative estimate of drug-likeness (QED) is 0.105. The van der Waals surface area contributed by atoms with Crippen LogP contribution in [0.1, 0.15) is 22.7 Å². The maximum Gasteiger partial charge on any atom is 0.301 e. The minimum atomic E-state index is -0.937. The predicted octanol–water partition coefficient (Wildman–Crippen LogP) is 5.82. The van der Waals surface area contributed by atoms with Crippen LogP contribution in [0.25, 0.3) is 5.76 Å². The van der Waals surface area contributed by atoms with Gasteiger partial charge in [0.1, 0.15) is 11.5 Å². The van der Waals surface area contributed by atoms with Gasteiger partial charge in [0.05, 0.1) is 11.6 Å². The van der Waals surface area contributed by atoms with Gasteiger partial charge in [-0.15, -0.1) is 10.2 Å². The standard InChI is InChI=1S/C26H18ClN3O4S2/c27-18-10-6-15(7-11-18)14-35-26-29-28-25(36-26)30-21(16-8-12-19(31)13-9-16)20(23(33)24(30)34)22(32)17-4-2-1-3-5-17/h1-13,21,31-32H,14H2/b22-20-. The van der Waals surface area contributed by atoms with Crippen LogP contribution in [0.2, 0.25) is 5.02 Å². The van der Waals surface area contributed by atoms with Gasteiger partial charge in [-0.1, -0.05) is 89.3 Å². The molecular weight excluding hydrogens is 518 g/mol. The largest absolute Gasteiger partial charge is 0.508 e. The number of aliphatic hydroxyl groups is 1. The summed E-state index contributed by atoms with van der Waals surface area (Å²) in [5.74, 6) is -1.25. The van der Waals surface area contributed by atoms with Crippen molar-refractivity contribution >= 4 is 57.3 Å². The smallest absolute Gasteiger partial charge is 0.301 e. The van der Waals surface area contributed by atoms with Gasteiger partial charge in [0.2, 0.25) is 5.13 Å². The van der Waals surface area contributed by atoms with E-state index < -0.39 is 17.7 Å².